The Hall–Kier alpha value is -4.46. The van der Waals surface area contributed by atoms with Crippen molar-refractivity contribution in [3.05, 3.63) is 92.6 Å². The fourth-order valence-electron chi connectivity index (χ4n) is 8.36. The third kappa shape index (κ3) is 13.3. The number of esters is 2. The van der Waals surface area contributed by atoms with Crippen LogP contribution in [0.2, 0.25) is 10.0 Å². The van der Waals surface area contributed by atoms with Gasteiger partial charge >= 0.3 is 11.9 Å². The molecule has 0 bridgehead atoms. The Morgan fingerprint density at radius 3 is 1.95 bits per heavy atom. The minimum Gasteiger partial charge on any atom is -0.747 e. The van der Waals surface area contributed by atoms with Gasteiger partial charge in [0.05, 0.1) is 30.6 Å². The zero-order valence-electron chi connectivity index (χ0n) is 38.5. The molecule has 0 N–H and O–H groups in total. The summed E-state index contributed by atoms with van der Waals surface area (Å²) in [4.78, 5) is 26.2. The maximum absolute atomic E-state index is 12.1. The van der Waals surface area contributed by atoms with E-state index in [9.17, 15) is 33.1 Å². The Bertz CT molecular complexity index is 2300. The lowest BCUT2D eigenvalue weighted by molar-refractivity contribution is -0.401. The van der Waals surface area contributed by atoms with E-state index in [0.717, 1.165) is 85.3 Å². The van der Waals surface area contributed by atoms with E-state index in [2.05, 4.69) is 53.7 Å². The zero-order chi connectivity index (χ0) is 47.3. The van der Waals surface area contributed by atoms with Crippen molar-refractivity contribution in [2.24, 2.45) is 11.8 Å². The Kier molecular flexibility index (Phi) is 19.7. The Labute approximate surface area is 385 Å². The van der Waals surface area contributed by atoms with Crippen LogP contribution in [0.5, 0.6) is 0 Å². The van der Waals surface area contributed by atoms with E-state index in [1.165, 1.54) is 0 Å². The van der Waals surface area contributed by atoms with E-state index < -0.39 is 44.6 Å². The normalized spacial score (nSPS) is 17.4. The molecule has 0 saturated carbocycles. The van der Waals surface area contributed by atoms with Gasteiger partial charge in [0.2, 0.25) is 11.4 Å². The number of ether oxygens (including phenoxy) is 2. The first-order valence-corrected chi connectivity index (χ1v) is 24.0. The van der Waals surface area contributed by atoms with Crippen molar-refractivity contribution in [1.29, 1.82) is 10.5 Å². The summed E-state index contributed by atoms with van der Waals surface area (Å²) >= 11 is 12.5. The standard InChI is InChI=1S/C29H27Cl2N4.C20H38O7S/c1-28(2)22-14-20(30)10-12-24(22)34(5)26(28)18(16-32)8-7-9-19(17-33)27-29(3,4)23-15-21(31)11-13-25(23)35(27)6;1-5-9-11-16(7-3)14-26-19(21)13-18(28(23,24)25)20(22)27-15-17(8-4)12-10-6-2/h7-15H,1-6H3;16-18H,5-15H2,1-4H3,(H,23,24,25)/q+1;/p-1. The highest BCUT2D eigenvalue weighted by Gasteiger charge is 2.46. The molecule has 0 radical (unpaired) electrons. The van der Waals surface area contributed by atoms with Gasteiger partial charge in [-0.15, -0.1) is 0 Å². The van der Waals surface area contributed by atoms with Crippen LogP contribution in [0.1, 0.15) is 124 Å². The molecule has 342 valence electrons. The van der Waals surface area contributed by atoms with Crippen LogP contribution in [-0.4, -0.2) is 67.8 Å². The van der Waals surface area contributed by atoms with E-state index in [1.54, 1.807) is 18.2 Å². The lowest BCUT2D eigenvalue weighted by Crippen LogP contribution is -2.35. The molecule has 2 aromatic rings. The summed E-state index contributed by atoms with van der Waals surface area (Å²) in [6, 6.07) is 16.3. The quantitative estimate of drug-likeness (QED) is 0.0435. The van der Waals surface area contributed by atoms with Crippen LogP contribution in [0.3, 0.4) is 0 Å². The van der Waals surface area contributed by atoms with Gasteiger partial charge < -0.3 is 18.9 Å². The highest BCUT2D eigenvalue weighted by Crippen LogP contribution is 2.49. The number of halogens is 2. The second kappa shape index (κ2) is 23.5. The van der Waals surface area contributed by atoms with Gasteiger partial charge in [-0.25, -0.2) is 8.42 Å². The molecule has 0 fully saturated rings. The van der Waals surface area contributed by atoms with Crippen molar-refractivity contribution in [2.75, 3.05) is 32.2 Å². The summed E-state index contributed by atoms with van der Waals surface area (Å²) in [6.45, 7) is 16.6. The van der Waals surface area contributed by atoms with Gasteiger partial charge in [-0.1, -0.05) is 109 Å². The molecule has 11 nitrogen and oxygen atoms in total. The molecule has 0 spiro atoms. The van der Waals surface area contributed by atoms with E-state index in [4.69, 9.17) is 32.7 Å². The zero-order valence-corrected chi connectivity index (χ0v) is 40.8. The number of nitrogens with zero attached hydrogens (tertiary/aromatic N) is 4. The lowest BCUT2D eigenvalue weighted by Gasteiger charge is -2.25. The molecule has 14 heteroatoms. The van der Waals surface area contributed by atoms with Gasteiger partial charge in [0.15, 0.2) is 5.25 Å². The lowest BCUT2D eigenvalue weighted by atomic mass is 9.79. The number of anilines is 1. The van der Waals surface area contributed by atoms with Gasteiger partial charge in [-0.3, -0.25) is 9.59 Å². The number of carbonyl (C=O) groups excluding carboxylic acids is 2. The highest BCUT2D eigenvalue weighted by atomic mass is 35.5. The van der Waals surface area contributed by atoms with Gasteiger partial charge in [-0.2, -0.15) is 15.1 Å². The fourth-order valence-corrected chi connectivity index (χ4v) is 9.35. The first-order chi connectivity index (χ1) is 29.6. The molecule has 0 amide bonds. The Balaban J connectivity index is 0.000000346. The van der Waals surface area contributed by atoms with Crippen LogP contribution in [0, 0.1) is 34.5 Å². The molecule has 2 heterocycles. The van der Waals surface area contributed by atoms with Crippen LogP contribution in [0.4, 0.5) is 11.4 Å². The van der Waals surface area contributed by atoms with Crippen molar-refractivity contribution in [1.82, 2.24) is 0 Å². The number of fused-ring (bicyclic) bond motifs is 2. The van der Waals surface area contributed by atoms with Gasteiger partial charge in [0.1, 0.15) is 34.9 Å². The first-order valence-electron chi connectivity index (χ1n) is 21.8. The molecular formula is C49H64Cl2N4O7S. The molecule has 2 aliphatic rings. The summed E-state index contributed by atoms with van der Waals surface area (Å²) in [6.07, 6.45) is 11.9. The monoisotopic (exact) mass is 922 g/mol. The smallest absolute Gasteiger partial charge is 0.323 e. The highest BCUT2D eigenvalue weighted by molar-refractivity contribution is 7.87. The SMILES string of the molecule is CCCCC(CC)COC(=O)CC(C(=O)OCC(CC)CCCC)S(=O)(=O)[O-].CN1C(=C(C#N)C=CC=C(C#N)C2=[N+](C)c3ccc(Cl)cc3C2(C)C)C(C)(C)c2cc(Cl)ccc21. The molecule has 2 aromatic carbocycles. The Morgan fingerprint density at radius 1 is 0.873 bits per heavy atom. The number of nitriles is 2. The molecule has 3 unspecified atom stereocenters. The average molecular weight is 924 g/mol. The summed E-state index contributed by atoms with van der Waals surface area (Å²) in [5.41, 5.74) is 6.31. The molecule has 63 heavy (non-hydrogen) atoms. The minimum atomic E-state index is -5.01. The number of carbonyl (C=O) groups is 2. The summed E-state index contributed by atoms with van der Waals surface area (Å²) in [5.74, 6) is -1.74. The molecule has 2 aliphatic heterocycles. The number of allylic oxidation sites excluding steroid dienone is 6. The van der Waals surface area contributed by atoms with Crippen molar-refractivity contribution < 1.29 is 36.6 Å². The number of unbranched alkanes of at least 4 members (excludes halogenated alkanes) is 2. The molecule has 4 rings (SSSR count). The second-order valence-electron chi connectivity index (χ2n) is 17.3. The molecule has 0 aliphatic carbocycles. The predicted octanol–water partition coefficient (Wildman–Crippen LogP) is 11.0. The molecule has 0 aromatic heterocycles. The van der Waals surface area contributed by atoms with Crippen molar-refractivity contribution in [3.63, 3.8) is 0 Å². The molecule has 3 atom stereocenters. The maximum Gasteiger partial charge on any atom is 0.323 e. The predicted molar refractivity (Wildman–Crippen MR) is 250 cm³/mol. The van der Waals surface area contributed by atoms with E-state index in [1.807, 2.05) is 73.8 Å². The summed E-state index contributed by atoms with van der Waals surface area (Å²) < 4.78 is 46.6. The largest absolute Gasteiger partial charge is 0.747 e. The Morgan fingerprint density at radius 2 is 1.43 bits per heavy atom. The van der Waals surface area contributed by atoms with Crippen LogP contribution >= 0.6 is 23.2 Å². The van der Waals surface area contributed by atoms with Crippen molar-refractivity contribution in [3.8, 4) is 12.1 Å². The number of hydrogen-bond donors (Lipinski definition) is 0. The number of likely N-dealkylation sites (N-methyl/N-ethyl adjacent to an activating group) is 1. The minimum absolute atomic E-state index is 0.0470. The van der Waals surface area contributed by atoms with Crippen LogP contribution in [0.25, 0.3) is 0 Å². The van der Waals surface area contributed by atoms with E-state index >= 15 is 0 Å². The number of hydrogen-bond acceptors (Lipinski definition) is 10. The third-order valence-electron chi connectivity index (χ3n) is 12.1. The average Bonchev–Trinajstić information content (AvgIpc) is 3.55. The van der Waals surface area contributed by atoms with Crippen LogP contribution in [0.15, 0.2) is 71.5 Å². The fraction of sp³-hybridized carbons (Fsp3) is 0.531. The van der Waals surface area contributed by atoms with Gasteiger partial charge in [0.25, 0.3) is 0 Å². The second-order valence-corrected chi connectivity index (χ2v) is 19.7. The summed E-state index contributed by atoms with van der Waals surface area (Å²) in [7, 11) is -1.08. The molecular weight excluding hydrogens is 860 g/mol. The number of benzene rings is 2. The van der Waals surface area contributed by atoms with E-state index in [0.29, 0.717) is 21.2 Å². The maximum atomic E-state index is 12.1. The van der Waals surface area contributed by atoms with Gasteiger partial charge in [0, 0.05) is 45.5 Å². The molecule has 0 saturated heterocycles. The van der Waals surface area contributed by atoms with Crippen molar-refractivity contribution in [2.45, 2.75) is 129 Å². The first kappa shape index (κ1) is 52.9. The van der Waals surface area contributed by atoms with Crippen molar-refractivity contribution >= 4 is 62.3 Å². The summed E-state index contributed by atoms with van der Waals surface area (Å²) in [5, 5.41) is 19.4. The van der Waals surface area contributed by atoms with Gasteiger partial charge in [-0.05, 0) is 86.6 Å². The van der Waals surface area contributed by atoms with Crippen LogP contribution in [-0.2, 0) is 40.0 Å². The topological polar surface area (TPSA) is 164 Å². The number of rotatable bonds is 19. The third-order valence-corrected chi connectivity index (χ3v) is 13.6. The van der Waals surface area contributed by atoms with E-state index in [-0.39, 0.29) is 25.0 Å². The van der Waals surface area contributed by atoms with Crippen LogP contribution < -0.4 is 4.90 Å².